The van der Waals surface area contributed by atoms with Gasteiger partial charge in [0, 0.05) is 18.4 Å². The molecule has 0 unspecified atom stereocenters. The summed E-state index contributed by atoms with van der Waals surface area (Å²) in [6.45, 7) is 2.37. The van der Waals surface area contributed by atoms with E-state index in [0.717, 1.165) is 23.2 Å². The topological polar surface area (TPSA) is 63.9 Å². The molecule has 1 aliphatic rings. The average molecular weight is 335 g/mol. The maximum absolute atomic E-state index is 12.5. The van der Waals surface area contributed by atoms with Crippen molar-refractivity contribution in [2.75, 3.05) is 18.1 Å². The van der Waals surface area contributed by atoms with Gasteiger partial charge in [-0.1, -0.05) is 24.3 Å². The third-order valence-corrected chi connectivity index (χ3v) is 4.39. The third-order valence-electron chi connectivity index (χ3n) is 4.39. The molecule has 25 heavy (non-hydrogen) atoms. The molecule has 0 N–H and O–H groups in total. The number of anilines is 1. The first-order valence-electron chi connectivity index (χ1n) is 8.13. The van der Waals surface area contributed by atoms with E-state index < -0.39 is 0 Å². The van der Waals surface area contributed by atoms with Crippen molar-refractivity contribution in [2.24, 2.45) is 0 Å². The van der Waals surface area contributed by atoms with Crippen LogP contribution in [0.4, 0.5) is 5.69 Å². The molecule has 0 saturated carbocycles. The smallest absolute Gasteiger partial charge is 0.264 e. The Labute approximate surface area is 144 Å². The van der Waals surface area contributed by atoms with Crippen LogP contribution in [-0.2, 0) is 11.2 Å². The second-order valence-electron chi connectivity index (χ2n) is 6.03. The standard InChI is InChI=1S/C19H17N3O3/c1-13-5-4-9-22-17(23)11-16(20-19(13)22)25-12-18(24)21-10-8-14-6-2-3-7-15(14)21/h2-7,9,11H,8,10,12H2,1H3. The van der Waals surface area contributed by atoms with Crippen LogP contribution >= 0.6 is 0 Å². The molecule has 0 saturated heterocycles. The Balaban J connectivity index is 1.54. The molecule has 126 valence electrons. The van der Waals surface area contributed by atoms with E-state index in [9.17, 15) is 9.59 Å². The second-order valence-corrected chi connectivity index (χ2v) is 6.03. The quantitative estimate of drug-likeness (QED) is 0.734. The van der Waals surface area contributed by atoms with E-state index in [4.69, 9.17) is 4.74 Å². The molecule has 1 amide bonds. The van der Waals surface area contributed by atoms with E-state index in [1.807, 2.05) is 37.3 Å². The lowest BCUT2D eigenvalue weighted by molar-refractivity contribution is -0.120. The minimum absolute atomic E-state index is 0.142. The fraction of sp³-hybridized carbons (Fsp3) is 0.211. The van der Waals surface area contributed by atoms with Crippen LogP contribution in [0.5, 0.6) is 5.88 Å². The monoisotopic (exact) mass is 335 g/mol. The number of nitrogens with zero attached hydrogens (tertiary/aromatic N) is 3. The van der Waals surface area contributed by atoms with Gasteiger partial charge < -0.3 is 9.64 Å². The summed E-state index contributed by atoms with van der Waals surface area (Å²) < 4.78 is 6.98. The zero-order chi connectivity index (χ0) is 17.4. The number of ether oxygens (including phenoxy) is 1. The number of hydrogen-bond acceptors (Lipinski definition) is 4. The SMILES string of the molecule is Cc1cccn2c(=O)cc(OCC(=O)N3CCc4ccccc43)nc12. The van der Waals surface area contributed by atoms with Crippen LogP contribution in [0.1, 0.15) is 11.1 Å². The van der Waals surface area contributed by atoms with Crippen LogP contribution in [0, 0.1) is 6.92 Å². The number of aryl methyl sites for hydroxylation is 1. The third kappa shape index (κ3) is 2.76. The highest BCUT2D eigenvalue weighted by molar-refractivity contribution is 5.96. The first kappa shape index (κ1) is 15.4. The molecule has 4 rings (SSSR count). The van der Waals surface area contributed by atoms with Gasteiger partial charge in [-0.25, -0.2) is 0 Å². The summed E-state index contributed by atoms with van der Waals surface area (Å²) in [7, 11) is 0. The summed E-state index contributed by atoms with van der Waals surface area (Å²) in [6, 6.07) is 12.8. The predicted octanol–water partition coefficient (Wildman–Crippen LogP) is 1.97. The Hall–Kier alpha value is -3.15. The molecule has 0 spiro atoms. The summed E-state index contributed by atoms with van der Waals surface area (Å²) in [5, 5.41) is 0. The largest absolute Gasteiger partial charge is 0.467 e. The highest BCUT2D eigenvalue weighted by Crippen LogP contribution is 2.27. The van der Waals surface area contributed by atoms with E-state index >= 15 is 0 Å². The van der Waals surface area contributed by atoms with Crippen molar-refractivity contribution in [1.29, 1.82) is 0 Å². The molecule has 1 aliphatic heterocycles. The second kappa shape index (κ2) is 6.05. The highest BCUT2D eigenvalue weighted by atomic mass is 16.5. The molecular weight excluding hydrogens is 318 g/mol. The number of amides is 1. The Morgan fingerprint density at radius 1 is 1.24 bits per heavy atom. The van der Waals surface area contributed by atoms with Crippen molar-refractivity contribution in [3.05, 3.63) is 70.1 Å². The summed E-state index contributed by atoms with van der Waals surface area (Å²) in [4.78, 5) is 30.7. The Bertz CT molecular complexity index is 1030. The number of rotatable bonds is 3. The fourth-order valence-electron chi connectivity index (χ4n) is 3.13. The number of carbonyl (C=O) groups is 1. The van der Waals surface area contributed by atoms with Gasteiger partial charge in [-0.3, -0.25) is 14.0 Å². The number of fused-ring (bicyclic) bond motifs is 2. The maximum atomic E-state index is 12.5. The summed E-state index contributed by atoms with van der Waals surface area (Å²) >= 11 is 0. The molecule has 1 aromatic carbocycles. The van der Waals surface area contributed by atoms with Crippen molar-refractivity contribution < 1.29 is 9.53 Å². The van der Waals surface area contributed by atoms with Crippen molar-refractivity contribution in [3.63, 3.8) is 0 Å². The van der Waals surface area contributed by atoms with Gasteiger partial charge in [-0.05, 0) is 36.6 Å². The van der Waals surface area contributed by atoms with Crippen molar-refractivity contribution in [1.82, 2.24) is 9.38 Å². The van der Waals surface area contributed by atoms with Crippen LogP contribution in [0.3, 0.4) is 0 Å². The molecular formula is C19H17N3O3. The lowest BCUT2D eigenvalue weighted by atomic mass is 10.2. The minimum Gasteiger partial charge on any atom is -0.467 e. The van der Waals surface area contributed by atoms with E-state index in [1.54, 1.807) is 17.2 Å². The Morgan fingerprint density at radius 2 is 2.08 bits per heavy atom. The van der Waals surface area contributed by atoms with Crippen LogP contribution in [0.2, 0.25) is 0 Å². The van der Waals surface area contributed by atoms with Gasteiger partial charge in [0.1, 0.15) is 5.65 Å². The van der Waals surface area contributed by atoms with Gasteiger partial charge in [0.05, 0.1) is 6.07 Å². The summed E-state index contributed by atoms with van der Waals surface area (Å²) in [5.74, 6) is 0.0249. The first-order valence-corrected chi connectivity index (χ1v) is 8.13. The van der Waals surface area contributed by atoms with Crippen LogP contribution in [-0.4, -0.2) is 28.4 Å². The van der Waals surface area contributed by atoms with Crippen LogP contribution in [0.25, 0.3) is 5.65 Å². The molecule has 0 bridgehead atoms. The van der Waals surface area contributed by atoms with Crippen molar-refractivity contribution in [2.45, 2.75) is 13.3 Å². The molecule has 0 aliphatic carbocycles. The molecule has 0 atom stereocenters. The van der Waals surface area contributed by atoms with Gasteiger partial charge in [0.15, 0.2) is 6.61 Å². The number of benzene rings is 1. The summed E-state index contributed by atoms with van der Waals surface area (Å²) in [6.07, 6.45) is 2.50. The van der Waals surface area contributed by atoms with Crippen LogP contribution < -0.4 is 15.2 Å². The normalized spacial score (nSPS) is 13.1. The van der Waals surface area contributed by atoms with Gasteiger partial charge in [-0.15, -0.1) is 0 Å². The van der Waals surface area contributed by atoms with Gasteiger partial charge in [0.2, 0.25) is 5.88 Å². The van der Waals surface area contributed by atoms with Crippen molar-refractivity contribution >= 4 is 17.2 Å². The Morgan fingerprint density at radius 3 is 2.96 bits per heavy atom. The van der Waals surface area contributed by atoms with E-state index in [0.29, 0.717) is 12.2 Å². The van der Waals surface area contributed by atoms with Gasteiger partial charge >= 0.3 is 0 Å². The van der Waals surface area contributed by atoms with Gasteiger partial charge in [0.25, 0.3) is 11.5 Å². The van der Waals surface area contributed by atoms with Crippen molar-refractivity contribution in [3.8, 4) is 5.88 Å². The molecule has 6 nitrogen and oxygen atoms in total. The Kier molecular flexibility index (Phi) is 3.72. The zero-order valence-electron chi connectivity index (χ0n) is 13.8. The zero-order valence-corrected chi connectivity index (χ0v) is 13.8. The molecule has 2 aromatic heterocycles. The average Bonchev–Trinajstić information content (AvgIpc) is 3.05. The number of hydrogen-bond donors (Lipinski definition) is 0. The minimum atomic E-state index is -0.234. The number of aromatic nitrogens is 2. The lowest BCUT2D eigenvalue weighted by Crippen LogP contribution is -2.33. The maximum Gasteiger partial charge on any atom is 0.264 e. The van der Waals surface area contributed by atoms with E-state index in [1.165, 1.54) is 10.5 Å². The van der Waals surface area contributed by atoms with E-state index in [2.05, 4.69) is 4.98 Å². The lowest BCUT2D eigenvalue weighted by Gasteiger charge is -2.17. The van der Waals surface area contributed by atoms with E-state index in [-0.39, 0.29) is 24.0 Å². The van der Waals surface area contributed by atoms with Crippen LogP contribution in [0.15, 0.2) is 53.5 Å². The fourth-order valence-corrected chi connectivity index (χ4v) is 3.13. The number of pyridine rings is 1. The molecule has 3 aromatic rings. The first-order chi connectivity index (χ1) is 12.1. The molecule has 6 heteroatoms. The summed E-state index contributed by atoms with van der Waals surface area (Å²) in [5.41, 5.74) is 3.25. The number of para-hydroxylation sites is 1. The number of carbonyl (C=O) groups excluding carboxylic acids is 1. The molecule has 3 heterocycles. The molecule has 0 radical (unpaired) electrons. The predicted molar refractivity (Wildman–Crippen MR) is 94.2 cm³/mol. The van der Waals surface area contributed by atoms with Gasteiger partial charge in [-0.2, -0.15) is 4.98 Å². The molecule has 0 fully saturated rings. The highest BCUT2D eigenvalue weighted by Gasteiger charge is 2.24.